The van der Waals surface area contributed by atoms with Gasteiger partial charge in [-0.3, -0.25) is 0 Å². The molecule has 3 atom stereocenters. The zero-order valence-corrected chi connectivity index (χ0v) is 8.99. The van der Waals surface area contributed by atoms with E-state index >= 15 is 0 Å². The molecule has 0 aliphatic heterocycles. The SMILES string of the molecule is CCOC1CC(N)C1NC(=O)N(C)C. The van der Waals surface area contributed by atoms with E-state index in [4.69, 9.17) is 10.5 Å². The molecule has 0 spiro atoms. The molecule has 1 rings (SSSR count). The van der Waals surface area contributed by atoms with Crippen molar-refractivity contribution in [3.63, 3.8) is 0 Å². The predicted octanol–water partition coefficient (Wildman–Crippen LogP) is -0.238. The molecule has 0 bridgehead atoms. The van der Waals surface area contributed by atoms with Crippen LogP contribution in [0.4, 0.5) is 4.79 Å². The van der Waals surface area contributed by atoms with E-state index < -0.39 is 0 Å². The highest BCUT2D eigenvalue weighted by molar-refractivity contribution is 5.74. The van der Waals surface area contributed by atoms with Crippen LogP contribution in [-0.4, -0.2) is 49.8 Å². The van der Waals surface area contributed by atoms with Crippen LogP contribution in [0.2, 0.25) is 0 Å². The largest absolute Gasteiger partial charge is 0.376 e. The smallest absolute Gasteiger partial charge is 0.317 e. The zero-order valence-electron chi connectivity index (χ0n) is 8.99. The summed E-state index contributed by atoms with van der Waals surface area (Å²) in [5.74, 6) is 0. The van der Waals surface area contributed by atoms with E-state index in [0.29, 0.717) is 6.61 Å². The van der Waals surface area contributed by atoms with Gasteiger partial charge in [0.2, 0.25) is 0 Å². The standard InChI is InChI=1S/C9H19N3O2/c1-4-14-7-5-6(10)8(7)11-9(13)12(2)3/h6-8H,4-5,10H2,1-3H3,(H,11,13). The molecule has 0 aromatic carbocycles. The summed E-state index contributed by atoms with van der Waals surface area (Å²) in [6, 6.07) is -0.129. The van der Waals surface area contributed by atoms with Crippen LogP contribution in [0.1, 0.15) is 13.3 Å². The lowest BCUT2D eigenvalue weighted by Gasteiger charge is -2.42. The highest BCUT2D eigenvalue weighted by atomic mass is 16.5. The third-order valence-corrected chi connectivity index (χ3v) is 2.44. The number of nitrogens with one attached hydrogen (secondary N) is 1. The Bertz CT molecular complexity index is 206. The molecular weight excluding hydrogens is 182 g/mol. The minimum Gasteiger partial charge on any atom is -0.376 e. The molecule has 2 amide bonds. The van der Waals surface area contributed by atoms with Crippen molar-refractivity contribution in [2.24, 2.45) is 5.73 Å². The molecule has 0 radical (unpaired) electrons. The number of rotatable bonds is 3. The van der Waals surface area contributed by atoms with E-state index in [-0.39, 0.29) is 24.2 Å². The van der Waals surface area contributed by atoms with Gasteiger partial charge in [0.15, 0.2) is 0 Å². The van der Waals surface area contributed by atoms with Crippen LogP contribution in [0, 0.1) is 0 Å². The summed E-state index contributed by atoms with van der Waals surface area (Å²) in [7, 11) is 3.41. The average Bonchev–Trinajstić information content (AvgIpc) is 2.13. The molecule has 1 saturated carbocycles. The first-order chi connectivity index (χ1) is 6.56. The Morgan fingerprint density at radius 3 is 2.71 bits per heavy atom. The zero-order chi connectivity index (χ0) is 10.7. The number of carbonyl (C=O) groups excluding carboxylic acids is 1. The third-order valence-electron chi connectivity index (χ3n) is 2.44. The van der Waals surface area contributed by atoms with Gasteiger partial charge in [-0.25, -0.2) is 4.79 Å². The van der Waals surface area contributed by atoms with Gasteiger partial charge in [-0.05, 0) is 13.3 Å². The first kappa shape index (κ1) is 11.3. The number of hydrogen-bond acceptors (Lipinski definition) is 3. The van der Waals surface area contributed by atoms with Crippen molar-refractivity contribution in [3.8, 4) is 0 Å². The van der Waals surface area contributed by atoms with E-state index in [1.807, 2.05) is 6.92 Å². The Hall–Kier alpha value is -0.810. The van der Waals surface area contributed by atoms with Crippen LogP contribution in [-0.2, 0) is 4.74 Å². The molecule has 3 unspecified atom stereocenters. The van der Waals surface area contributed by atoms with Crippen LogP contribution in [0.5, 0.6) is 0 Å². The van der Waals surface area contributed by atoms with Crippen LogP contribution in [0.25, 0.3) is 0 Å². The third kappa shape index (κ3) is 2.36. The van der Waals surface area contributed by atoms with Gasteiger partial charge >= 0.3 is 6.03 Å². The maximum atomic E-state index is 11.3. The quantitative estimate of drug-likeness (QED) is 0.662. The summed E-state index contributed by atoms with van der Waals surface area (Å²) in [5, 5.41) is 2.84. The molecule has 5 heteroatoms. The number of hydrogen-bond donors (Lipinski definition) is 2. The van der Waals surface area contributed by atoms with Crippen molar-refractivity contribution in [2.45, 2.75) is 31.5 Å². The summed E-state index contributed by atoms with van der Waals surface area (Å²) >= 11 is 0. The molecule has 3 N–H and O–H groups in total. The van der Waals surface area contributed by atoms with Gasteiger partial charge in [0.1, 0.15) is 0 Å². The number of ether oxygens (including phenoxy) is 1. The maximum absolute atomic E-state index is 11.3. The molecule has 0 aromatic rings. The first-order valence-corrected chi connectivity index (χ1v) is 4.91. The fourth-order valence-electron chi connectivity index (χ4n) is 1.50. The topological polar surface area (TPSA) is 67.6 Å². The van der Waals surface area contributed by atoms with Crippen molar-refractivity contribution in [2.75, 3.05) is 20.7 Å². The highest BCUT2D eigenvalue weighted by Crippen LogP contribution is 2.22. The van der Waals surface area contributed by atoms with Crippen molar-refractivity contribution in [3.05, 3.63) is 0 Å². The molecule has 1 aliphatic rings. The van der Waals surface area contributed by atoms with Gasteiger partial charge in [-0.15, -0.1) is 0 Å². The predicted molar refractivity (Wildman–Crippen MR) is 54.0 cm³/mol. The Balaban J connectivity index is 2.38. The van der Waals surface area contributed by atoms with Gasteiger partial charge in [0, 0.05) is 26.7 Å². The summed E-state index contributed by atoms with van der Waals surface area (Å²) < 4.78 is 5.43. The Kier molecular flexibility index (Phi) is 3.71. The van der Waals surface area contributed by atoms with Crippen LogP contribution >= 0.6 is 0 Å². The second-order valence-electron chi connectivity index (χ2n) is 3.76. The van der Waals surface area contributed by atoms with Gasteiger partial charge < -0.3 is 20.7 Å². The number of nitrogens with two attached hydrogens (primary N) is 1. The minimum atomic E-state index is -0.116. The highest BCUT2D eigenvalue weighted by Gasteiger charge is 2.40. The van der Waals surface area contributed by atoms with Gasteiger partial charge in [0.25, 0.3) is 0 Å². The summed E-state index contributed by atoms with van der Waals surface area (Å²) in [6.07, 6.45) is 0.908. The van der Waals surface area contributed by atoms with Gasteiger partial charge in [-0.1, -0.05) is 0 Å². The molecule has 0 heterocycles. The molecule has 0 saturated heterocycles. The van der Waals surface area contributed by atoms with Crippen molar-refractivity contribution >= 4 is 6.03 Å². The van der Waals surface area contributed by atoms with Crippen LogP contribution in [0.3, 0.4) is 0 Å². The molecule has 14 heavy (non-hydrogen) atoms. The fraction of sp³-hybridized carbons (Fsp3) is 0.889. The van der Waals surface area contributed by atoms with Crippen molar-refractivity contribution in [1.82, 2.24) is 10.2 Å². The summed E-state index contributed by atoms with van der Waals surface area (Å²) in [6.45, 7) is 2.60. The lowest BCUT2D eigenvalue weighted by atomic mass is 9.83. The monoisotopic (exact) mass is 201 g/mol. The molecule has 1 aliphatic carbocycles. The Morgan fingerprint density at radius 2 is 2.29 bits per heavy atom. The number of amides is 2. The molecule has 5 nitrogen and oxygen atoms in total. The second-order valence-corrected chi connectivity index (χ2v) is 3.76. The van der Waals surface area contributed by atoms with E-state index in [1.54, 1.807) is 14.1 Å². The van der Waals surface area contributed by atoms with Crippen LogP contribution in [0.15, 0.2) is 0 Å². The Labute approximate surface area is 84.6 Å². The molecular formula is C9H19N3O2. The van der Waals surface area contributed by atoms with Crippen LogP contribution < -0.4 is 11.1 Å². The number of carbonyl (C=O) groups is 1. The van der Waals surface area contributed by atoms with E-state index in [1.165, 1.54) is 4.90 Å². The summed E-state index contributed by atoms with van der Waals surface area (Å²) in [5.41, 5.74) is 5.78. The van der Waals surface area contributed by atoms with Gasteiger partial charge in [-0.2, -0.15) is 0 Å². The molecule has 82 valence electrons. The molecule has 1 fully saturated rings. The van der Waals surface area contributed by atoms with E-state index in [0.717, 1.165) is 6.42 Å². The lowest BCUT2D eigenvalue weighted by Crippen LogP contribution is -2.65. The van der Waals surface area contributed by atoms with Crippen molar-refractivity contribution in [1.29, 1.82) is 0 Å². The fourth-order valence-corrected chi connectivity index (χ4v) is 1.50. The summed E-state index contributed by atoms with van der Waals surface area (Å²) in [4.78, 5) is 12.8. The first-order valence-electron chi connectivity index (χ1n) is 4.91. The maximum Gasteiger partial charge on any atom is 0.317 e. The van der Waals surface area contributed by atoms with E-state index in [2.05, 4.69) is 5.32 Å². The lowest BCUT2D eigenvalue weighted by molar-refractivity contribution is -0.0290. The van der Waals surface area contributed by atoms with Gasteiger partial charge in [0.05, 0.1) is 12.1 Å². The normalized spacial score (nSPS) is 30.7. The Morgan fingerprint density at radius 1 is 1.64 bits per heavy atom. The second kappa shape index (κ2) is 4.61. The van der Waals surface area contributed by atoms with E-state index in [9.17, 15) is 4.79 Å². The molecule has 0 aromatic heterocycles. The number of nitrogens with zero attached hydrogens (tertiary/aromatic N) is 1. The minimum absolute atomic E-state index is 0.0236. The average molecular weight is 201 g/mol. The number of urea groups is 1. The van der Waals surface area contributed by atoms with Crippen molar-refractivity contribution < 1.29 is 9.53 Å².